The van der Waals surface area contributed by atoms with Crippen molar-refractivity contribution in [2.24, 2.45) is 11.8 Å². The van der Waals surface area contributed by atoms with E-state index in [0.29, 0.717) is 24.9 Å². The molecule has 0 radical (unpaired) electrons. The average molecular weight is 323 g/mol. The molecule has 1 unspecified atom stereocenters. The van der Waals surface area contributed by atoms with Gasteiger partial charge in [-0.1, -0.05) is 20.8 Å². The Balaban J connectivity index is 1.84. The third-order valence-corrected chi connectivity index (χ3v) is 5.50. The number of nitrogens with one attached hydrogen (secondary N) is 1. The van der Waals surface area contributed by atoms with Gasteiger partial charge in [-0.25, -0.2) is 0 Å². The summed E-state index contributed by atoms with van der Waals surface area (Å²) in [6, 6.07) is 0.297. The number of amides is 2. The average Bonchev–Trinajstić information content (AvgIpc) is 2.96. The minimum atomic E-state index is -0.117. The van der Waals surface area contributed by atoms with Crippen LogP contribution in [0.15, 0.2) is 0 Å². The van der Waals surface area contributed by atoms with Crippen molar-refractivity contribution in [3.63, 3.8) is 0 Å². The van der Waals surface area contributed by atoms with Gasteiger partial charge in [0.2, 0.25) is 11.8 Å². The molecule has 2 fully saturated rings. The minimum absolute atomic E-state index is 0.117. The molecule has 0 aliphatic carbocycles. The molecule has 0 aromatic heterocycles. The van der Waals surface area contributed by atoms with Crippen molar-refractivity contribution in [1.82, 2.24) is 15.1 Å². The fourth-order valence-electron chi connectivity index (χ4n) is 3.94. The van der Waals surface area contributed by atoms with E-state index in [-0.39, 0.29) is 17.7 Å². The van der Waals surface area contributed by atoms with Crippen molar-refractivity contribution in [3.8, 4) is 0 Å². The summed E-state index contributed by atoms with van der Waals surface area (Å²) in [4.78, 5) is 28.9. The van der Waals surface area contributed by atoms with Crippen LogP contribution in [-0.4, -0.2) is 60.4 Å². The first-order valence-electron chi connectivity index (χ1n) is 9.39. The van der Waals surface area contributed by atoms with E-state index in [4.69, 9.17) is 0 Å². The Morgan fingerprint density at radius 1 is 1.22 bits per heavy atom. The van der Waals surface area contributed by atoms with E-state index >= 15 is 0 Å². The molecule has 2 heterocycles. The smallest absolute Gasteiger partial charge is 0.227 e. The van der Waals surface area contributed by atoms with Gasteiger partial charge in [0.15, 0.2) is 0 Å². The molecule has 2 rings (SSSR count). The third-order valence-electron chi connectivity index (χ3n) is 5.50. The fourth-order valence-corrected chi connectivity index (χ4v) is 3.94. The van der Waals surface area contributed by atoms with Gasteiger partial charge in [0.1, 0.15) is 0 Å². The van der Waals surface area contributed by atoms with E-state index in [2.05, 4.69) is 26.1 Å². The number of likely N-dealkylation sites (tertiary alicyclic amines) is 2. The molecule has 23 heavy (non-hydrogen) atoms. The second-order valence-electron chi connectivity index (χ2n) is 6.99. The molecule has 1 N–H and O–H groups in total. The van der Waals surface area contributed by atoms with Crippen LogP contribution in [0.25, 0.3) is 0 Å². The predicted octanol–water partition coefficient (Wildman–Crippen LogP) is 1.87. The molecule has 2 amide bonds. The Morgan fingerprint density at radius 3 is 2.43 bits per heavy atom. The van der Waals surface area contributed by atoms with Crippen molar-refractivity contribution >= 4 is 11.8 Å². The maximum atomic E-state index is 12.7. The third kappa shape index (κ3) is 4.46. The molecule has 2 aliphatic heterocycles. The zero-order valence-corrected chi connectivity index (χ0v) is 15.0. The molecular formula is C18H33N3O2. The molecule has 0 aromatic carbocycles. The SMILES string of the molecule is CCNCC1CCN(C(=O)C2CC(=O)N(C(CC)CC)C2)CC1. The summed E-state index contributed by atoms with van der Waals surface area (Å²) < 4.78 is 0. The first-order valence-corrected chi connectivity index (χ1v) is 9.39. The molecule has 0 aromatic rings. The number of piperidine rings is 1. The number of hydrogen-bond donors (Lipinski definition) is 1. The Bertz CT molecular complexity index is 401. The van der Waals surface area contributed by atoms with Gasteiger partial charge in [-0.3, -0.25) is 9.59 Å². The fraction of sp³-hybridized carbons (Fsp3) is 0.889. The normalized spacial score (nSPS) is 23.1. The number of rotatable bonds is 7. The van der Waals surface area contributed by atoms with Gasteiger partial charge in [0.05, 0.1) is 5.92 Å². The highest BCUT2D eigenvalue weighted by Gasteiger charge is 2.39. The molecule has 2 saturated heterocycles. The van der Waals surface area contributed by atoms with Crippen LogP contribution in [0.2, 0.25) is 0 Å². The molecule has 132 valence electrons. The van der Waals surface area contributed by atoms with Gasteiger partial charge < -0.3 is 15.1 Å². The van der Waals surface area contributed by atoms with Crippen LogP contribution in [-0.2, 0) is 9.59 Å². The van der Waals surface area contributed by atoms with Crippen molar-refractivity contribution in [3.05, 3.63) is 0 Å². The molecule has 5 heteroatoms. The standard InChI is InChI=1S/C18H33N3O2/c1-4-16(5-2)21-13-15(11-17(21)22)18(23)20-9-7-14(8-10-20)12-19-6-3/h14-16,19H,4-13H2,1-3H3. The summed E-state index contributed by atoms with van der Waals surface area (Å²) in [6.45, 7) is 10.8. The first-order chi connectivity index (χ1) is 11.1. The lowest BCUT2D eigenvalue weighted by atomic mass is 9.95. The van der Waals surface area contributed by atoms with Gasteiger partial charge in [0, 0.05) is 32.1 Å². The van der Waals surface area contributed by atoms with Gasteiger partial charge >= 0.3 is 0 Å². The van der Waals surface area contributed by atoms with Crippen LogP contribution in [0.3, 0.4) is 0 Å². The van der Waals surface area contributed by atoms with Gasteiger partial charge in [-0.05, 0) is 44.7 Å². The van der Waals surface area contributed by atoms with E-state index in [0.717, 1.165) is 51.9 Å². The Kier molecular flexibility index (Phi) is 6.88. The summed E-state index contributed by atoms with van der Waals surface area (Å²) >= 11 is 0. The second kappa shape index (κ2) is 8.67. The summed E-state index contributed by atoms with van der Waals surface area (Å²) in [6.07, 6.45) is 4.51. The summed E-state index contributed by atoms with van der Waals surface area (Å²) in [5, 5.41) is 3.40. The van der Waals surface area contributed by atoms with Crippen LogP contribution in [0, 0.1) is 11.8 Å². The highest BCUT2D eigenvalue weighted by atomic mass is 16.2. The molecule has 0 saturated carbocycles. The van der Waals surface area contributed by atoms with Gasteiger partial charge in [-0.15, -0.1) is 0 Å². The van der Waals surface area contributed by atoms with Crippen LogP contribution in [0.4, 0.5) is 0 Å². The first kappa shape index (κ1) is 18.2. The number of nitrogens with zero attached hydrogens (tertiary/aromatic N) is 2. The Labute approximate surface area is 140 Å². The number of carbonyl (C=O) groups is 2. The largest absolute Gasteiger partial charge is 0.342 e. The number of carbonyl (C=O) groups excluding carboxylic acids is 2. The zero-order chi connectivity index (χ0) is 16.8. The molecular weight excluding hydrogens is 290 g/mol. The lowest BCUT2D eigenvalue weighted by Crippen LogP contribution is -2.44. The Morgan fingerprint density at radius 2 is 1.87 bits per heavy atom. The van der Waals surface area contributed by atoms with Crippen LogP contribution >= 0.6 is 0 Å². The van der Waals surface area contributed by atoms with Gasteiger partial charge in [-0.2, -0.15) is 0 Å². The molecule has 0 bridgehead atoms. The van der Waals surface area contributed by atoms with Crippen molar-refractivity contribution in [2.45, 2.75) is 58.9 Å². The summed E-state index contributed by atoms with van der Waals surface area (Å²) in [7, 11) is 0. The second-order valence-corrected chi connectivity index (χ2v) is 6.99. The van der Waals surface area contributed by atoms with E-state index in [1.807, 2.05) is 9.80 Å². The minimum Gasteiger partial charge on any atom is -0.342 e. The summed E-state index contributed by atoms with van der Waals surface area (Å²) in [5.41, 5.74) is 0. The van der Waals surface area contributed by atoms with Crippen LogP contribution in [0.5, 0.6) is 0 Å². The van der Waals surface area contributed by atoms with Crippen molar-refractivity contribution in [1.29, 1.82) is 0 Å². The predicted molar refractivity (Wildman–Crippen MR) is 92.0 cm³/mol. The monoisotopic (exact) mass is 323 g/mol. The van der Waals surface area contributed by atoms with Crippen LogP contribution < -0.4 is 5.32 Å². The van der Waals surface area contributed by atoms with Crippen molar-refractivity contribution in [2.75, 3.05) is 32.7 Å². The van der Waals surface area contributed by atoms with Gasteiger partial charge in [0.25, 0.3) is 0 Å². The topological polar surface area (TPSA) is 52.7 Å². The van der Waals surface area contributed by atoms with E-state index in [9.17, 15) is 9.59 Å². The van der Waals surface area contributed by atoms with E-state index in [1.54, 1.807) is 0 Å². The molecule has 1 atom stereocenters. The summed E-state index contributed by atoms with van der Waals surface area (Å²) in [5.74, 6) is 0.937. The van der Waals surface area contributed by atoms with E-state index < -0.39 is 0 Å². The highest BCUT2D eigenvalue weighted by molar-refractivity contribution is 5.89. The molecule has 5 nitrogen and oxygen atoms in total. The maximum absolute atomic E-state index is 12.7. The Hall–Kier alpha value is -1.10. The maximum Gasteiger partial charge on any atom is 0.227 e. The molecule has 0 spiro atoms. The van der Waals surface area contributed by atoms with Crippen LogP contribution in [0.1, 0.15) is 52.9 Å². The van der Waals surface area contributed by atoms with Crippen molar-refractivity contribution < 1.29 is 9.59 Å². The quantitative estimate of drug-likeness (QED) is 0.778. The van der Waals surface area contributed by atoms with E-state index in [1.165, 1.54) is 0 Å². The highest BCUT2D eigenvalue weighted by Crippen LogP contribution is 2.26. The molecule has 2 aliphatic rings. The number of hydrogen-bond acceptors (Lipinski definition) is 3. The zero-order valence-electron chi connectivity index (χ0n) is 15.0. The lowest BCUT2D eigenvalue weighted by molar-refractivity contribution is -0.137. The lowest BCUT2D eigenvalue weighted by Gasteiger charge is -2.34.